The number of sulfonamides is 1. The van der Waals surface area contributed by atoms with Gasteiger partial charge in [-0.2, -0.15) is 4.31 Å². The maximum absolute atomic E-state index is 11.9. The Labute approximate surface area is 127 Å². The van der Waals surface area contributed by atoms with Gasteiger partial charge >= 0.3 is 0 Å². The van der Waals surface area contributed by atoms with E-state index in [0.29, 0.717) is 13.1 Å². The molecule has 1 N–H and O–H groups in total. The predicted molar refractivity (Wildman–Crippen MR) is 84.4 cm³/mol. The Hall–Kier alpha value is -1.40. The molecule has 0 spiro atoms. The summed E-state index contributed by atoms with van der Waals surface area (Å²) < 4.78 is 24.5. The zero-order valence-corrected chi connectivity index (χ0v) is 13.7. The number of carbonyl (C=O) groups excluding carboxylic acids is 1. The van der Waals surface area contributed by atoms with E-state index >= 15 is 0 Å². The molecule has 0 heterocycles. The molecule has 0 aliphatic carbocycles. The number of rotatable bonds is 8. The summed E-state index contributed by atoms with van der Waals surface area (Å²) >= 11 is 0. The molecule has 0 atom stereocenters. The van der Waals surface area contributed by atoms with Crippen molar-refractivity contribution in [1.29, 1.82) is 0 Å². The van der Waals surface area contributed by atoms with Crippen molar-refractivity contribution < 1.29 is 13.2 Å². The molecule has 0 aliphatic rings. The third-order valence-corrected chi connectivity index (χ3v) is 4.54. The predicted octanol–water partition coefficient (Wildman–Crippen LogP) is 1.67. The van der Waals surface area contributed by atoms with Crippen molar-refractivity contribution in [2.45, 2.75) is 33.2 Å². The maximum Gasteiger partial charge on any atom is 0.235 e. The first-order chi connectivity index (χ1) is 9.84. The fourth-order valence-electron chi connectivity index (χ4n) is 1.91. The third kappa shape index (κ3) is 6.27. The van der Waals surface area contributed by atoms with Gasteiger partial charge in [-0.05, 0) is 24.5 Å². The summed E-state index contributed by atoms with van der Waals surface area (Å²) in [5.74, 6) is -0.278. The molecule has 0 saturated carbocycles. The first-order valence-corrected chi connectivity index (χ1v) is 8.95. The van der Waals surface area contributed by atoms with E-state index < -0.39 is 10.0 Å². The molecule has 21 heavy (non-hydrogen) atoms. The van der Waals surface area contributed by atoms with Crippen molar-refractivity contribution >= 4 is 15.9 Å². The second kappa shape index (κ2) is 8.14. The number of unbranched alkanes of at least 4 members (excludes halogenated alkanes) is 1. The van der Waals surface area contributed by atoms with Crippen LogP contribution in [0.2, 0.25) is 0 Å². The Balaban J connectivity index is 2.56. The Morgan fingerprint density at radius 1 is 1.29 bits per heavy atom. The smallest absolute Gasteiger partial charge is 0.235 e. The van der Waals surface area contributed by atoms with Crippen LogP contribution in [0.25, 0.3) is 0 Å². The second-order valence-electron chi connectivity index (χ2n) is 5.15. The van der Waals surface area contributed by atoms with Crippen molar-refractivity contribution in [3.8, 4) is 0 Å². The van der Waals surface area contributed by atoms with E-state index in [0.717, 1.165) is 30.2 Å². The van der Waals surface area contributed by atoms with Gasteiger partial charge in [0.05, 0.1) is 12.8 Å². The van der Waals surface area contributed by atoms with Crippen LogP contribution in [-0.4, -0.2) is 38.0 Å². The fourth-order valence-corrected chi connectivity index (χ4v) is 2.73. The van der Waals surface area contributed by atoms with Crippen LogP contribution in [0.4, 0.5) is 0 Å². The summed E-state index contributed by atoms with van der Waals surface area (Å²) in [6, 6.07) is 7.78. The van der Waals surface area contributed by atoms with Crippen molar-refractivity contribution in [2.24, 2.45) is 0 Å². The van der Waals surface area contributed by atoms with E-state index in [4.69, 9.17) is 0 Å². The molecule has 0 saturated heterocycles. The minimum atomic E-state index is -3.35. The Bertz CT molecular complexity index is 570. The molecule has 1 aromatic rings. The SMILES string of the molecule is CCCCN(CC(=O)NCc1ccccc1C)S(C)(=O)=O. The Morgan fingerprint density at radius 2 is 1.95 bits per heavy atom. The highest BCUT2D eigenvalue weighted by Gasteiger charge is 2.19. The maximum atomic E-state index is 11.9. The van der Waals surface area contributed by atoms with Crippen LogP contribution >= 0.6 is 0 Å². The van der Waals surface area contributed by atoms with Crippen LogP contribution in [0.5, 0.6) is 0 Å². The van der Waals surface area contributed by atoms with Crippen LogP contribution in [0, 0.1) is 6.92 Å². The highest BCUT2D eigenvalue weighted by atomic mass is 32.2. The van der Waals surface area contributed by atoms with Gasteiger partial charge in [0.1, 0.15) is 0 Å². The highest BCUT2D eigenvalue weighted by molar-refractivity contribution is 7.88. The average molecular weight is 312 g/mol. The van der Waals surface area contributed by atoms with Gasteiger partial charge in [0.2, 0.25) is 15.9 Å². The average Bonchev–Trinajstić information content (AvgIpc) is 2.41. The molecule has 0 fully saturated rings. The molecule has 6 heteroatoms. The van der Waals surface area contributed by atoms with Crippen molar-refractivity contribution in [3.63, 3.8) is 0 Å². The molecule has 0 aromatic heterocycles. The van der Waals surface area contributed by atoms with E-state index in [9.17, 15) is 13.2 Å². The summed E-state index contributed by atoms with van der Waals surface area (Å²) in [4.78, 5) is 11.9. The number of nitrogens with zero attached hydrogens (tertiary/aromatic N) is 1. The number of amides is 1. The summed E-state index contributed by atoms with van der Waals surface area (Å²) in [6.45, 7) is 4.64. The Kier molecular flexibility index (Phi) is 6.84. The topological polar surface area (TPSA) is 66.5 Å². The monoisotopic (exact) mass is 312 g/mol. The van der Waals surface area contributed by atoms with E-state index in [1.807, 2.05) is 38.1 Å². The van der Waals surface area contributed by atoms with Gasteiger partial charge in [0, 0.05) is 13.1 Å². The molecule has 1 amide bonds. The van der Waals surface area contributed by atoms with Crippen molar-refractivity contribution in [1.82, 2.24) is 9.62 Å². The number of nitrogens with one attached hydrogen (secondary N) is 1. The Morgan fingerprint density at radius 3 is 2.52 bits per heavy atom. The summed E-state index contributed by atoms with van der Waals surface area (Å²) in [6.07, 6.45) is 2.77. The van der Waals surface area contributed by atoms with Gasteiger partial charge in [-0.15, -0.1) is 0 Å². The van der Waals surface area contributed by atoms with Crippen LogP contribution in [-0.2, 0) is 21.4 Å². The number of hydrogen-bond acceptors (Lipinski definition) is 3. The summed E-state index contributed by atoms with van der Waals surface area (Å²) in [5.41, 5.74) is 2.13. The van der Waals surface area contributed by atoms with Gasteiger partial charge in [-0.3, -0.25) is 4.79 Å². The number of hydrogen-bond donors (Lipinski definition) is 1. The fraction of sp³-hybridized carbons (Fsp3) is 0.533. The van der Waals surface area contributed by atoms with E-state index in [1.165, 1.54) is 4.31 Å². The lowest BCUT2D eigenvalue weighted by Gasteiger charge is -2.19. The minimum absolute atomic E-state index is 0.120. The third-order valence-electron chi connectivity index (χ3n) is 3.29. The quantitative estimate of drug-likeness (QED) is 0.794. The normalized spacial score (nSPS) is 11.6. The van der Waals surface area contributed by atoms with Gasteiger partial charge in [-0.1, -0.05) is 37.6 Å². The van der Waals surface area contributed by atoms with Crippen LogP contribution in [0.1, 0.15) is 30.9 Å². The molecule has 1 aromatic carbocycles. The van der Waals surface area contributed by atoms with Gasteiger partial charge < -0.3 is 5.32 Å². The number of benzene rings is 1. The van der Waals surface area contributed by atoms with Gasteiger partial charge in [-0.25, -0.2) is 8.42 Å². The van der Waals surface area contributed by atoms with E-state index in [1.54, 1.807) is 0 Å². The van der Waals surface area contributed by atoms with Gasteiger partial charge in [0.15, 0.2) is 0 Å². The largest absolute Gasteiger partial charge is 0.351 e. The van der Waals surface area contributed by atoms with Crippen LogP contribution < -0.4 is 5.32 Å². The van der Waals surface area contributed by atoms with Crippen LogP contribution in [0.3, 0.4) is 0 Å². The molecule has 5 nitrogen and oxygen atoms in total. The van der Waals surface area contributed by atoms with Gasteiger partial charge in [0.25, 0.3) is 0 Å². The van der Waals surface area contributed by atoms with E-state index in [-0.39, 0.29) is 12.5 Å². The molecule has 1 rings (SSSR count). The lowest BCUT2D eigenvalue weighted by atomic mass is 10.1. The molecular formula is C15H24N2O3S. The number of carbonyl (C=O) groups is 1. The van der Waals surface area contributed by atoms with Crippen LogP contribution in [0.15, 0.2) is 24.3 Å². The molecule has 0 bridgehead atoms. The first kappa shape index (κ1) is 17.7. The zero-order valence-electron chi connectivity index (χ0n) is 12.9. The number of aryl methyl sites for hydroxylation is 1. The molecule has 0 radical (unpaired) electrons. The minimum Gasteiger partial charge on any atom is -0.351 e. The molecule has 0 unspecified atom stereocenters. The van der Waals surface area contributed by atoms with Crippen molar-refractivity contribution in [2.75, 3.05) is 19.3 Å². The lowest BCUT2D eigenvalue weighted by molar-refractivity contribution is -0.121. The lowest BCUT2D eigenvalue weighted by Crippen LogP contribution is -2.40. The summed E-state index contributed by atoms with van der Waals surface area (Å²) in [5, 5.41) is 2.77. The van der Waals surface area contributed by atoms with E-state index in [2.05, 4.69) is 5.32 Å². The highest BCUT2D eigenvalue weighted by Crippen LogP contribution is 2.06. The molecular weight excluding hydrogens is 288 g/mol. The first-order valence-electron chi connectivity index (χ1n) is 7.11. The second-order valence-corrected chi connectivity index (χ2v) is 7.14. The van der Waals surface area contributed by atoms with Crippen molar-refractivity contribution in [3.05, 3.63) is 35.4 Å². The zero-order chi connectivity index (χ0) is 15.9. The standard InChI is InChI=1S/C15H24N2O3S/c1-4-5-10-17(21(3,19)20)12-15(18)16-11-14-9-7-6-8-13(14)2/h6-9H,4-5,10-12H2,1-3H3,(H,16,18). The molecule has 0 aliphatic heterocycles. The summed E-state index contributed by atoms with van der Waals surface area (Å²) in [7, 11) is -3.35. The molecule has 118 valence electrons.